The second kappa shape index (κ2) is 12.3. The Kier molecular flexibility index (Phi) is 9.51. The molecule has 0 bridgehead atoms. The van der Waals surface area contributed by atoms with Crippen molar-refractivity contribution < 1.29 is 14.0 Å². The summed E-state index contributed by atoms with van der Waals surface area (Å²) in [5.74, 6) is 0.798. The molecular formula is C22H23Br2FN6O2S. The highest BCUT2D eigenvalue weighted by molar-refractivity contribution is 9.10. The normalized spacial score (nSPS) is 12.4. The number of ether oxygens (including phenoxy) is 1. The van der Waals surface area contributed by atoms with Crippen LogP contribution in [0, 0.1) is 11.2 Å². The molecular weight excluding hydrogens is 591 g/mol. The molecule has 0 aliphatic carbocycles. The van der Waals surface area contributed by atoms with Crippen molar-refractivity contribution in [1.82, 2.24) is 14.7 Å². The quantitative estimate of drug-likeness (QED) is 0.147. The Morgan fingerprint density at radius 1 is 1.35 bits per heavy atom. The molecule has 0 spiro atoms. The first-order valence-electron chi connectivity index (χ1n) is 10.2. The van der Waals surface area contributed by atoms with Crippen LogP contribution in [0.25, 0.3) is 0 Å². The summed E-state index contributed by atoms with van der Waals surface area (Å²) in [5, 5.41) is 10.8. The number of hydrogen-bond donors (Lipinski definition) is 3. The largest absolute Gasteiger partial charge is 0.482 e. The van der Waals surface area contributed by atoms with Gasteiger partial charge in [-0.1, -0.05) is 6.92 Å². The maximum atomic E-state index is 14.3. The minimum Gasteiger partial charge on any atom is -0.482 e. The van der Waals surface area contributed by atoms with E-state index in [-0.39, 0.29) is 0 Å². The van der Waals surface area contributed by atoms with Crippen molar-refractivity contribution in [3.8, 4) is 5.75 Å². The van der Waals surface area contributed by atoms with E-state index in [0.29, 0.717) is 39.5 Å². The minimum absolute atomic E-state index is 0.379. The summed E-state index contributed by atoms with van der Waals surface area (Å²) in [6.07, 6.45) is 2.78. The van der Waals surface area contributed by atoms with Gasteiger partial charge in [-0.25, -0.2) is 19.8 Å². The topological polar surface area (TPSA) is 105 Å². The van der Waals surface area contributed by atoms with Gasteiger partial charge >= 0.3 is 0 Å². The predicted octanol–water partition coefficient (Wildman–Crippen LogP) is 6.02. The zero-order chi connectivity index (χ0) is 24.7. The zero-order valence-electron chi connectivity index (χ0n) is 18.7. The number of nitrogens with one attached hydrogen (secondary N) is 3. The van der Waals surface area contributed by atoms with Gasteiger partial charge in [0.1, 0.15) is 24.1 Å². The molecule has 0 aliphatic heterocycles. The fraction of sp³-hybridized carbons (Fsp3) is 0.273. The summed E-state index contributed by atoms with van der Waals surface area (Å²) in [7, 11) is 1.47. The van der Waals surface area contributed by atoms with Crippen molar-refractivity contribution in [2.45, 2.75) is 32.9 Å². The van der Waals surface area contributed by atoms with E-state index in [1.165, 1.54) is 30.8 Å². The van der Waals surface area contributed by atoms with Gasteiger partial charge in [0.05, 0.1) is 28.7 Å². The molecule has 2 heterocycles. The van der Waals surface area contributed by atoms with Gasteiger partial charge in [0, 0.05) is 21.8 Å². The lowest BCUT2D eigenvalue weighted by atomic mass is 10.0. The van der Waals surface area contributed by atoms with E-state index < -0.39 is 11.9 Å². The maximum Gasteiger partial charge on any atom is 0.192 e. The first-order valence-corrected chi connectivity index (χ1v) is 12.6. The van der Waals surface area contributed by atoms with Crippen LogP contribution in [0.15, 0.2) is 44.4 Å². The number of nitrogens with zero attached hydrogens (tertiary/aromatic N) is 3. The van der Waals surface area contributed by atoms with Crippen molar-refractivity contribution >= 4 is 61.4 Å². The van der Waals surface area contributed by atoms with Crippen molar-refractivity contribution in [3.63, 3.8) is 0 Å². The average Bonchev–Trinajstić information content (AvgIpc) is 3.18. The van der Waals surface area contributed by atoms with E-state index in [9.17, 15) is 4.39 Å². The summed E-state index contributed by atoms with van der Waals surface area (Å²) >= 11 is 8.37. The molecule has 12 heteroatoms. The number of halogens is 3. The molecule has 1 atom stereocenters. The molecule has 0 aliphatic rings. The van der Waals surface area contributed by atoms with Crippen LogP contribution in [0.2, 0.25) is 0 Å². The summed E-state index contributed by atoms with van der Waals surface area (Å²) in [6.45, 7) is 4.28. The Labute approximate surface area is 217 Å². The van der Waals surface area contributed by atoms with Crippen LogP contribution in [0.5, 0.6) is 5.75 Å². The predicted molar refractivity (Wildman–Crippen MR) is 139 cm³/mol. The third kappa shape index (κ3) is 6.38. The maximum absolute atomic E-state index is 14.3. The Morgan fingerprint density at radius 3 is 2.82 bits per heavy atom. The lowest BCUT2D eigenvalue weighted by molar-refractivity contribution is 0.219. The fourth-order valence-electron chi connectivity index (χ4n) is 3.14. The van der Waals surface area contributed by atoms with E-state index in [2.05, 4.69) is 57.0 Å². The summed E-state index contributed by atoms with van der Waals surface area (Å²) in [6, 6.07) is 6.10. The molecule has 0 fully saturated rings. The summed E-state index contributed by atoms with van der Waals surface area (Å²) in [4.78, 5) is 14.4. The minimum atomic E-state index is -0.584. The van der Waals surface area contributed by atoms with Crippen molar-refractivity contribution in [1.29, 1.82) is 5.41 Å². The number of rotatable bonds is 10. The molecule has 3 aromatic rings. The molecule has 1 unspecified atom stereocenters. The van der Waals surface area contributed by atoms with E-state index in [1.807, 2.05) is 6.92 Å². The van der Waals surface area contributed by atoms with E-state index >= 15 is 0 Å². The number of aryl methyl sites for hydroxylation is 1. The van der Waals surface area contributed by atoms with Crippen LogP contribution in [-0.4, -0.2) is 28.6 Å². The number of pyridine rings is 1. The molecule has 0 saturated heterocycles. The first kappa shape index (κ1) is 26.2. The number of anilines is 1. The fourth-order valence-corrected chi connectivity index (χ4v) is 5.07. The monoisotopic (exact) mass is 612 g/mol. The molecule has 34 heavy (non-hydrogen) atoms. The molecule has 0 saturated carbocycles. The molecule has 1 aromatic carbocycles. The Morgan fingerprint density at radius 2 is 2.15 bits per heavy atom. The lowest BCUT2D eigenvalue weighted by Crippen LogP contribution is -2.26. The number of amidine groups is 1. The van der Waals surface area contributed by atoms with E-state index in [4.69, 9.17) is 15.0 Å². The number of hydrogen-bond acceptors (Lipinski definition) is 7. The summed E-state index contributed by atoms with van der Waals surface area (Å²) < 4.78 is 26.5. The van der Waals surface area contributed by atoms with Crippen LogP contribution in [0.4, 0.5) is 10.2 Å². The van der Waals surface area contributed by atoms with Crippen LogP contribution < -0.4 is 15.5 Å². The van der Waals surface area contributed by atoms with Gasteiger partial charge in [-0.15, -0.1) is 0 Å². The highest BCUT2D eigenvalue weighted by Gasteiger charge is 2.20. The zero-order valence-corrected chi connectivity index (χ0v) is 22.6. The lowest BCUT2D eigenvalue weighted by Gasteiger charge is -2.21. The van der Waals surface area contributed by atoms with Gasteiger partial charge in [-0.3, -0.25) is 10.2 Å². The standard InChI is InChI=1S/C22H23Br2FN6O2S/c1-4-17-20(24)19(34-31-17)10-28-21(29-11-26)15-6-5-14(25)8-16(15)12(2)33-18-7-13(23)9-27-22(18)30-32-3/h5-9,11-12H,4,10H2,1-3H3,(H,27,30)(H2,26,28,29). The van der Waals surface area contributed by atoms with Crippen molar-refractivity contribution in [2.75, 3.05) is 12.6 Å². The third-order valence-corrected chi connectivity index (χ3v) is 7.25. The molecule has 3 N–H and O–H groups in total. The molecule has 0 amide bonds. The molecule has 2 aromatic heterocycles. The third-order valence-electron chi connectivity index (χ3n) is 4.74. The van der Waals surface area contributed by atoms with Gasteiger partial charge < -0.3 is 10.1 Å². The second-order valence-corrected chi connectivity index (χ2v) is 9.55. The van der Waals surface area contributed by atoms with Gasteiger partial charge in [0.15, 0.2) is 11.6 Å². The first-order chi connectivity index (χ1) is 16.4. The molecule has 8 nitrogen and oxygen atoms in total. The Hall–Kier alpha value is -2.41. The Bertz CT molecular complexity index is 1190. The highest BCUT2D eigenvalue weighted by Crippen LogP contribution is 2.32. The van der Waals surface area contributed by atoms with Crippen LogP contribution in [0.1, 0.15) is 41.6 Å². The number of aliphatic imine (C=N–C) groups is 1. The van der Waals surface area contributed by atoms with E-state index in [0.717, 1.165) is 27.8 Å². The smallest absolute Gasteiger partial charge is 0.192 e. The van der Waals surface area contributed by atoms with Crippen LogP contribution in [0.3, 0.4) is 0 Å². The highest BCUT2D eigenvalue weighted by atomic mass is 79.9. The molecule has 3 rings (SSSR count). The van der Waals surface area contributed by atoms with Crippen LogP contribution >= 0.6 is 43.4 Å². The second-order valence-electron chi connectivity index (χ2n) is 6.98. The number of benzene rings is 1. The van der Waals surface area contributed by atoms with Gasteiger partial charge in [-0.2, -0.15) is 4.37 Å². The SMILES string of the molecule is CCc1nsc(CN/C(=N\C=N)c2ccc(F)cc2C(C)Oc2cc(Br)cnc2NOC)c1Br. The molecule has 0 radical (unpaired) electrons. The number of aromatic nitrogens is 2. The van der Waals surface area contributed by atoms with Crippen LogP contribution in [-0.2, 0) is 17.8 Å². The van der Waals surface area contributed by atoms with Gasteiger partial charge in [-0.05, 0) is 81.0 Å². The summed E-state index contributed by atoms with van der Waals surface area (Å²) in [5.41, 5.74) is 4.82. The Balaban J connectivity index is 1.91. The molecule has 180 valence electrons. The van der Waals surface area contributed by atoms with Crippen molar-refractivity contribution in [3.05, 3.63) is 66.9 Å². The van der Waals surface area contributed by atoms with Gasteiger partial charge in [0.2, 0.25) is 0 Å². The average molecular weight is 614 g/mol. The van der Waals surface area contributed by atoms with E-state index in [1.54, 1.807) is 25.3 Å². The van der Waals surface area contributed by atoms with Gasteiger partial charge in [0.25, 0.3) is 0 Å². The van der Waals surface area contributed by atoms with Crippen molar-refractivity contribution in [2.24, 2.45) is 4.99 Å².